The maximum atomic E-state index is 11.6. The summed E-state index contributed by atoms with van der Waals surface area (Å²) in [6.45, 7) is 4.53. The Bertz CT molecular complexity index is 600. The number of benzene rings is 1. The van der Waals surface area contributed by atoms with Crippen molar-refractivity contribution in [3.8, 4) is 11.5 Å². The van der Waals surface area contributed by atoms with E-state index in [-0.39, 0.29) is 11.8 Å². The topological polar surface area (TPSA) is 84.0 Å². The smallest absolute Gasteiger partial charge is 0.223 e. The van der Waals surface area contributed by atoms with Gasteiger partial charge < -0.3 is 25.4 Å². The van der Waals surface area contributed by atoms with Gasteiger partial charge in [-0.2, -0.15) is 0 Å². The number of nitrogens with one attached hydrogen (secondary N) is 3. The van der Waals surface area contributed by atoms with Gasteiger partial charge in [-0.05, 0) is 37.5 Å². The molecule has 1 aliphatic rings. The number of carbonyl (C=O) groups excluding carboxylic acids is 1. The number of methoxy groups -OCH3 is 2. The summed E-state index contributed by atoms with van der Waals surface area (Å²) in [7, 11) is 3.23. The molecule has 0 atom stereocenters. The van der Waals surface area contributed by atoms with Crippen molar-refractivity contribution in [2.45, 2.75) is 26.3 Å². The summed E-state index contributed by atoms with van der Waals surface area (Å²) >= 11 is 0. The van der Waals surface area contributed by atoms with Crippen LogP contribution in [0.4, 0.5) is 0 Å². The van der Waals surface area contributed by atoms with Crippen LogP contribution in [0.5, 0.6) is 11.5 Å². The highest BCUT2D eigenvalue weighted by atomic mass is 16.5. The number of hydrogen-bond donors (Lipinski definition) is 3. The van der Waals surface area contributed by atoms with Crippen molar-refractivity contribution in [2.75, 3.05) is 33.9 Å². The average Bonchev–Trinajstić information content (AvgIpc) is 3.47. The van der Waals surface area contributed by atoms with Crippen LogP contribution in [0.3, 0.4) is 0 Å². The molecule has 1 amide bonds. The van der Waals surface area contributed by atoms with Crippen LogP contribution in [-0.4, -0.2) is 45.7 Å². The van der Waals surface area contributed by atoms with Crippen LogP contribution in [0, 0.1) is 5.92 Å². The number of aliphatic imine (C=N–C) groups is 1. The first-order chi connectivity index (χ1) is 12.2. The van der Waals surface area contributed by atoms with Gasteiger partial charge in [0.05, 0.1) is 20.8 Å². The highest BCUT2D eigenvalue weighted by Gasteiger charge is 2.28. The first-order valence-corrected chi connectivity index (χ1v) is 8.68. The second-order valence-electron chi connectivity index (χ2n) is 5.88. The Morgan fingerprint density at radius 1 is 1.12 bits per heavy atom. The van der Waals surface area contributed by atoms with Gasteiger partial charge in [-0.25, -0.2) is 4.99 Å². The van der Waals surface area contributed by atoms with Gasteiger partial charge in [0.2, 0.25) is 5.91 Å². The molecule has 0 aliphatic heterocycles. The van der Waals surface area contributed by atoms with Crippen LogP contribution >= 0.6 is 0 Å². The van der Waals surface area contributed by atoms with Crippen LogP contribution in [0.2, 0.25) is 0 Å². The second kappa shape index (κ2) is 9.76. The highest BCUT2D eigenvalue weighted by Crippen LogP contribution is 2.28. The molecule has 1 aromatic rings. The van der Waals surface area contributed by atoms with Crippen LogP contribution in [0.1, 0.15) is 25.3 Å². The van der Waals surface area contributed by atoms with E-state index < -0.39 is 0 Å². The molecular formula is C18H28N4O3. The molecular weight excluding hydrogens is 320 g/mol. The number of guanidine groups is 1. The van der Waals surface area contributed by atoms with Crippen molar-refractivity contribution in [3.05, 3.63) is 23.8 Å². The predicted molar refractivity (Wildman–Crippen MR) is 98.1 cm³/mol. The Balaban J connectivity index is 1.84. The largest absolute Gasteiger partial charge is 0.493 e. The monoisotopic (exact) mass is 348 g/mol. The van der Waals surface area contributed by atoms with Crippen LogP contribution in [0.15, 0.2) is 23.2 Å². The molecule has 1 aromatic carbocycles. The molecule has 0 bridgehead atoms. The molecule has 7 heteroatoms. The lowest BCUT2D eigenvalue weighted by Gasteiger charge is -2.12. The lowest BCUT2D eigenvalue weighted by atomic mass is 10.2. The normalized spacial score (nSPS) is 14.0. The lowest BCUT2D eigenvalue weighted by Crippen LogP contribution is -2.41. The number of carbonyl (C=O) groups is 1. The first-order valence-electron chi connectivity index (χ1n) is 8.68. The second-order valence-corrected chi connectivity index (χ2v) is 5.88. The van der Waals surface area contributed by atoms with E-state index in [1.54, 1.807) is 14.2 Å². The van der Waals surface area contributed by atoms with Gasteiger partial charge in [0, 0.05) is 25.6 Å². The zero-order valence-electron chi connectivity index (χ0n) is 15.2. The summed E-state index contributed by atoms with van der Waals surface area (Å²) in [6.07, 6.45) is 2.05. The third-order valence-corrected chi connectivity index (χ3v) is 3.88. The summed E-state index contributed by atoms with van der Waals surface area (Å²) in [5.41, 5.74) is 1.02. The third-order valence-electron chi connectivity index (χ3n) is 3.88. The van der Waals surface area contributed by atoms with Crippen LogP contribution < -0.4 is 25.4 Å². The fourth-order valence-corrected chi connectivity index (χ4v) is 2.35. The van der Waals surface area contributed by atoms with E-state index in [4.69, 9.17) is 9.47 Å². The fraction of sp³-hybridized carbons (Fsp3) is 0.556. The quantitative estimate of drug-likeness (QED) is 0.356. The van der Waals surface area contributed by atoms with E-state index in [1.807, 2.05) is 25.1 Å². The zero-order valence-corrected chi connectivity index (χ0v) is 15.2. The minimum atomic E-state index is 0.161. The van der Waals surface area contributed by atoms with E-state index in [1.165, 1.54) is 0 Å². The van der Waals surface area contributed by atoms with Gasteiger partial charge in [-0.3, -0.25) is 4.79 Å². The Kier molecular flexibility index (Phi) is 7.37. The molecule has 0 saturated heterocycles. The van der Waals surface area contributed by atoms with Crippen molar-refractivity contribution in [3.63, 3.8) is 0 Å². The molecule has 1 fully saturated rings. The van der Waals surface area contributed by atoms with Crippen LogP contribution in [0.25, 0.3) is 0 Å². The first kappa shape index (κ1) is 18.9. The van der Waals surface area contributed by atoms with E-state index >= 15 is 0 Å². The Labute approximate surface area is 149 Å². The molecule has 1 saturated carbocycles. The summed E-state index contributed by atoms with van der Waals surface area (Å²) in [6, 6.07) is 5.75. The average molecular weight is 348 g/mol. The highest BCUT2D eigenvalue weighted by molar-refractivity contribution is 5.81. The summed E-state index contributed by atoms with van der Waals surface area (Å²) in [5, 5.41) is 9.35. The molecule has 0 aromatic heterocycles. The summed E-state index contributed by atoms with van der Waals surface area (Å²) in [4.78, 5) is 16.2. The molecule has 1 aliphatic carbocycles. The molecule has 0 spiro atoms. The molecule has 7 nitrogen and oxygen atoms in total. The molecule has 0 radical (unpaired) electrons. The minimum absolute atomic E-state index is 0.161. The maximum absolute atomic E-state index is 11.6. The van der Waals surface area contributed by atoms with Gasteiger partial charge in [-0.1, -0.05) is 6.07 Å². The Morgan fingerprint density at radius 3 is 2.48 bits per heavy atom. The van der Waals surface area contributed by atoms with Crippen molar-refractivity contribution in [1.82, 2.24) is 16.0 Å². The van der Waals surface area contributed by atoms with Crippen LogP contribution in [-0.2, 0) is 11.3 Å². The number of rotatable bonds is 9. The van der Waals surface area contributed by atoms with Crippen molar-refractivity contribution in [2.24, 2.45) is 10.9 Å². The third kappa shape index (κ3) is 6.17. The van der Waals surface area contributed by atoms with Crippen molar-refractivity contribution in [1.29, 1.82) is 0 Å². The Hall–Kier alpha value is -2.44. The molecule has 3 N–H and O–H groups in total. The number of amides is 1. The lowest BCUT2D eigenvalue weighted by molar-refractivity contribution is -0.122. The fourth-order valence-electron chi connectivity index (χ4n) is 2.35. The molecule has 138 valence electrons. The van der Waals surface area contributed by atoms with E-state index in [0.717, 1.165) is 30.9 Å². The standard InChI is InChI=1S/C18H28N4O3/c1-4-19-18(21-10-9-20-17(23)14-6-7-14)22-12-13-5-8-15(24-2)16(11-13)25-3/h5,8,11,14H,4,6-7,9-10,12H2,1-3H3,(H,20,23)(H2,19,21,22). The number of ether oxygens (including phenoxy) is 2. The maximum Gasteiger partial charge on any atom is 0.223 e. The SMILES string of the molecule is CCNC(=NCc1ccc(OC)c(OC)c1)NCCNC(=O)C1CC1. The van der Waals surface area contributed by atoms with Gasteiger partial charge in [0.1, 0.15) is 0 Å². The van der Waals surface area contributed by atoms with Gasteiger partial charge in [-0.15, -0.1) is 0 Å². The van der Waals surface area contributed by atoms with E-state index in [0.29, 0.717) is 31.1 Å². The Morgan fingerprint density at radius 2 is 1.84 bits per heavy atom. The summed E-state index contributed by atoms with van der Waals surface area (Å²) < 4.78 is 10.6. The van der Waals surface area contributed by atoms with Gasteiger partial charge in [0.15, 0.2) is 17.5 Å². The summed E-state index contributed by atoms with van der Waals surface area (Å²) in [5.74, 6) is 2.52. The van der Waals surface area contributed by atoms with Crippen molar-refractivity contribution >= 4 is 11.9 Å². The molecule has 25 heavy (non-hydrogen) atoms. The molecule has 0 unspecified atom stereocenters. The van der Waals surface area contributed by atoms with E-state index in [2.05, 4.69) is 20.9 Å². The number of nitrogens with zero attached hydrogens (tertiary/aromatic N) is 1. The molecule has 2 rings (SSSR count). The zero-order chi connectivity index (χ0) is 18.1. The predicted octanol–water partition coefficient (Wildman–Crippen LogP) is 1.29. The minimum Gasteiger partial charge on any atom is -0.493 e. The van der Waals surface area contributed by atoms with E-state index in [9.17, 15) is 4.79 Å². The van der Waals surface area contributed by atoms with Gasteiger partial charge in [0.25, 0.3) is 0 Å². The van der Waals surface area contributed by atoms with Gasteiger partial charge >= 0.3 is 0 Å². The van der Waals surface area contributed by atoms with Crippen molar-refractivity contribution < 1.29 is 14.3 Å². The molecule has 0 heterocycles. The number of hydrogen-bond acceptors (Lipinski definition) is 4.